The van der Waals surface area contributed by atoms with Gasteiger partial charge >= 0.3 is 0 Å². The number of nitrogens with zero attached hydrogens (tertiary/aromatic N) is 1. The molecule has 1 amide bonds. The molecule has 0 aromatic heterocycles. The molecule has 0 atom stereocenters. The summed E-state index contributed by atoms with van der Waals surface area (Å²) < 4.78 is 0. The molecule has 1 saturated heterocycles. The molecule has 18 heavy (non-hydrogen) atoms. The molecule has 0 spiro atoms. The van der Waals surface area contributed by atoms with Crippen LogP contribution in [0.25, 0.3) is 0 Å². The van der Waals surface area contributed by atoms with E-state index in [9.17, 15) is 4.79 Å². The molecule has 1 heterocycles. The zero-order chi connectivity index (χ0) is 12.8. The fraction of sp³-hybridized carbons (Fsp3) is 0.562. The van der Waals surface area contributed by atoms with Crippen LogP contribution in [0.4, 0.5) is 0 Å². The standard InChI is InChI=1S/C16H23NO/c1-2-3-6-14-7-9-15(10-8-14)13-16(18)17-11-4-5-12-17/h7-10H,2-6,11-13H2,1H3. The average molecular weight is 245 g/mol. The molecule has 0 aliphatic carbocycles. The zero-order valence-corrected chi connectivity index (χ0v) is 11.3. The summed E-state index contributed by atoms with van der Waals surface area (Å²) in [5, 5.41) is 0. The van der Waals surface area contributed by atoms with E-state index in [4.69, 9.17) is 0 Å². The van der Waals surface area contributed by atoms with Crippen LogP contribution in [-0.4, -0.2) is 23.9 Å². The molecule has 1 fully saturated rings. The lowest BCUT2D eigenvalue weighted by Crippen LogP contribution is -2.29. The predicted octanol–water partition coefficient (Wildman–Crippen LogP) is 3.19. The smallest absolute Gasteiger partial charge is 0.226 e. The Kier molecular flexibility index (Phi) is 4.80. The number of benzene rings is 1. The van der Waals surface area contributed by atoms with Crippen molar-refractivity contribution >= 4 is 5.91 Å². The fourth-order valence-electron chi connectivity index (χ4n) is 2.46. The third-order valence-electron chi connectivity index (χ3n) is 3.66. The number of carbonyl (C=O) groups is 1. The van der Waals surface area contributed by atoms with E-state index in [0.717, 1.165) is 25.1 Å². The molecule has 2 nitrogen and oxygen atoms in total. The predicted molar refractivity (Wildman–Crippen MR) is 74.6 cm³/mol. The molecule has 0 bridgehead atoms. The van der Waals surface area contributed by atoms with Crippen molar-refractivity contribution in [1.82, 2.24) is 4.90 Å². The van der Waals surface area contributed by atoms with Gasteiger partial charge in [0.25, 0.3) is 0 Å². The molecule has 0 radical (unpaired) electrons. The van der Waals surface area contributed by atoms with E-state index >= 15 is 0 Å². The number of hydrogen-bond donors (Lipinski definition) is 0. The van der Waals surface area contributed by atoms with Crippen LogP contribution in [-0.2, 0) is 17.6 Å². The maximum absolute atomic E-state index is 12.0. The summed E-state index contributed by atoms with van der Waals surface area (Å²) in [7, 11) is 0. The summed E-state index contributed by atoms with van der Waals surface area (Å²) in [6.45, 7) is 4.11. The third kappa shape index (κ3) is 3.59. The van der Waals surface area contributed by atoms with Gasteiger partial charge in [0.05, 0.1) is 6.42 Å². The van der Waals surface area contributed by atoms with Crippen molar-refractivity contribution < 1.29 is 4.79 Å². The van der Waals surface area contributed by atoms with Gasteiger partial charge in [0.2, 0.25) is 5.91 Å². The summed E-state index contributed by atoms with van der Waals surface area (Å²) in [4.78, 5) is 14.0. The van der Waals surface area contributed by atoms with Gasteiger partial charge in [-0.25, -0.2) is 0 Å². The largest absolute Gasteiger partial charge is 0.342 e. The highest BCUT2D eigenvalue weighted by molar-refractivity contribution is 5.79. The van der Waals surface area contributed by atoms with E-state index in [1.165, 1.54) is 31.2 Å². The maximum atomic E-state index is 12.0. The van der Waals surface area contributed by atoms with Crippen LogP contribution in [0.1, 0.15) is 43.7 Å². The summed E-state index contributed by atoms with van der Waals surface area (Å²) in [6.07, 6.45) is 6.52. The Labute approximate surface area is 110 Å². The van der Waals surface area contributed by atoms with Crippen molar-refractivity contribution in [1.29, 1.82) is 0 Å². The number of aryl methyl sites for hydroxylation is 1. The van der Waals surface area contributed by atoms with Gasteiger partial charge < -0.3 is 4.90 Å². The Morgan fingerprint density at radius 3 is 2.33 bits per heavy atom. The summed E-state index contributed by atoms with van der Waals surface area (Å²) in [5.74, 6) is 0.286. The second-order valence-electron chi connectivity index (χ2n) is 5.18. The molecule has 1 aromatic rings. The molecule has 2 rings (SSSR count). The molecule has 0 saturated carbocycles. The lowest BCUT2D eigenvalue weighted by Gasteiger charge is -2.15. The summed E-state index contributed by atoms with van der Waals surface area (Å²) >= 11 is 0. The maximum Gasteiger partial charge on any atom is 0.226 e. The summed E-state index contributed by atoms with van der Waals surface area (Å²) in [5.41, 5.74) is 2.53. The van der Waals surface area contributed by atoms with Crippen LogP contribution in [0.5, 0.6) is 0 Å². The van der Waals surface area contributed by atoms with E-state index in [2.05, 4.69) is 31.2 Å². The first-order valence-corrected chi connectivity index (χ1v) is 7.15. The monoisotopic (exact) mass is 245 g/mol. The Morgan fingerprint density at radius 1 is 1.11 bits per heavy atom. The first-order valence-electron chi connectivity index (χ1n) is 7.15. The lowest BCUT2D eigenvalue weighted by atomic mass is 10.0. The Balaban J connectivity index is 1.87. The Morgan fingerprint density at radius 2 is 1.72 bits per heavy atom. The second-order valence-corrected chi connectivity index (χ2v) is 5.18. The van der Waals surface area contributed by atoms with Crippen LogP contribution in [0.15, 0.2) is 24.3 Å². The van der Waals surface area contributed by atoms with Crippen LogP contribution in [0, 0.1) is 0 Å². The number of likely N-dealkylation sites (tertiary alicyclic amines) is 1. The fourth-order valence-corrected chi connectivity index (χ4v) is 2.46. The van der Waals surface area contributed by atoms with Crippen LogP contribution in [0.3, 0.4) is 0 Å². The number of unbranched alkanes of at least 4 members (excludes halogenated alkanes) is 1. The lowest BCUT2D eigenvalue weighted by molar-refractivity contribution is -0.129. The van der Waals surface area contributed by atoms with Gasteiger partial charge in [-0.1, -0.05) is 37.6 Å². The molecular formula is C16H23NO. The highest BCUT2D eigenvalue weighted by atomic mass is 16.2. The molecule has 1 aliphatic rings. The number of amides is 1. The molecule has 0 N–H and O–H groups in total. The van der Waals surface area contributed by atoms with E-state index in [1.807, 2.05) is 4.90 Å². The highest BCUT2D eigenvalue weighted by Crippen LogP contribution is 2.12. The Bertz CT molecular complexity index is 377. The van der Waals surface area contributed by atoms with E-state index < -0.39 is 0 Å². The first kappa shape index (κ1) is 13.1. The van der Waals surface area contributed by atoms with Crippen molar-refractivity contribution in [2.45, 2.75) is 45.4 Å². The number of rotatable bonds is 5. The third-order valence-corrected chi connectivity index (χ3v) is 3.66. The highest BCUT2D eigenvalue weighted by Gasteiger charge is 2.17. The van der Waals surface area contributed by atoms with Gasteiger partial charge in [-0.05, 0) is 36.8 Å². The van der Waals surface area contributed by atoms with Crippen molar-refractivity contribution in [2.24, 2.45) is 0 Å². The van der Waals surface area contributed by atoms with Gasteiger partial charge in [-0.15, -0.1) is 0 Å². The minimum absolute atomic E-state index is 0.286. The zero-order valence-electron chi connectivity index (χ0n) is 11.3. The van der Waals surface area contributed by atoms with Gasteiger partial charge in [0.1, 0.15) is 0 Å². The normalized spacial score (nSPS) is 15.1. The van der Waals surface area contributed by atoms with Crippen molar-refractivity contribution in [3.8, 4) is 0 Å². The van der Waals surface area contributed by atoms with E-state index in [0.29, 0.717) is 6.42 Å². The van der Waals surface area contributed by atoms with E-state index in [1.54, 1.807) is 0 Å². The SMILES string of the molecule is CCCCc1ccc(CC(=O)N2CCCC2)cc1. The molecule has 98 valence electrons. The second kappa shape index (κ2) is 6.58. The van der Waals surface area contributed by atoms with Gasteiger partial charge in [0.15, 0.2) is 0 Å². The molecule has 1 aliphatic heterocycles. The van der Waals surface area contributed by atoms with Gasteiger partial charge in [-0.3, -0.25) is 4.79 Å². The van der Waals surface area contributed by atoms with Crippen molar-refractivity contribution in [3.63, 3.8) is 0 Å². The van der Waals surface area contributed by atoms with Crippen molar-refractivity contribution in [3.05, 3.63) is 35.4 Å². The Hall–Kier alpha value is -1.31. The first-order chi connectivity index (χ1) is 8.79. The molecule has 0 unspecified atom stereocenters. The van der Waals surface area contributed by atoms with E-state index in [-0.39, 0.29) is 5.91 Å². The van der Waals surface area contributed by atoms with Crippen LogP contribution < -0.4 is 0 Å². The minimum Gasteiger partial charge on any atom is -0.342 e. The number of hydrogen-bond acceptors (Lipinski definition) is 1. The summed E-state index contributed by atoms with van der Waals surface area (Å²) in [6, 6.07) is 8.56. The van der Waals surface area contributed by atoms with Gasteiger partial charge in [-0.2, -0.15) is 0 Å². The number of carbonyl (C=O) groups excluding carboxylic acids is 1. The minimum atomic E-state index is 0.286. The quantitative estimate of drug-likeness (QED) is 0.780. The van der Waals surface area contributed by atoms with Gasteiger partial charge in [0, 0.05) is 13.1 Å². The molecule has 2 heteroatoms. The van der Waals surface area contributed by atoms with Crippen LogP contribution >= 0.6 is 0 Å². The van der Waals surface area contributed by atoms with Crippen LogP contribution in [0.2, 0.25) is 0 Å². The van der Waals surface area contributed by atoms with Crippen molar-refractivity contribution in [2.75, 3.05) is 13.1 Å². The topological polar surface area (TPSA) is 20.3 Å². The molecular weight excluding hydrogens is 222 g/mol. The average Bonchev–Trinajstić information content (AvgIpc) is 2.92. The molecule has 1 aromatic carbocycles.